The molecule has 0 saturated carbocycles. The van der Waals surface area contributed by atoms with Crippen LogP contribution in [0.2, 0.25) is 0 Å². The fourth-order valence-electron chi connectivity index (χ4n) is 3.62. The Bertz CT molecular complexity index is 1300. The van der Waals surface area contributed by atoms with Crippen LogP contribution in [0.4, 0.5) is 9.52 Å². The van der Waals surface area contributed by atoms with Crippen molar-refractivity contribution in [3.05, 3.63) is 87.2 Å². The topological polar surface area (TPSA) is 96.8 Å². The number of methoxy groups -OCH3 is 1. The van der Waals surface area contributed by atoms with Crippen LogP contribution in [0.25, 0.3) is 5.76 Å². The van der Waals surface area contributed by atoms with Gasteiger partial charge in [-0.25, -0.2) is 14.2 Å². The van der Waals surface area contributed by atoms with E-state index in [9.17, 15) is 23.9 Å². The minimum atomic E-state index is -0.994. The van der Waals surface area contributed by atoms with E-state index in [0.29, 0.717) is 11.3 Å². The Balaban J connectivity index is 1.93. The number of rotatable bonds is 4. The highest BCUT2D eigenvalue weighted by Crippen LogP contribution is 2.43. The van der Waals surface area contributed by atoms with Crippen molar-refractivity contribution in [2.24, 2.45) is 0 Å². The summed E-state index contributed by atoms with van der Waals surface area (Å²) >= 11 is 0.922. The number of nitrogens with zero attached hydrogens (tertiary/aromatic N) is 2. The summed E-state index contributed by atoms with van der Waals surface area (Å²) in [7, 11) is 1.24. The predicted octanol–water partition coefficient (Wildman–Crippen LogP) is 4.31. The standard InChI is InChI=1S/C24H19FN2O5S/c1-12-4-6-14(7-5-12)18-17(19(28)15-8-10-16(25)11-9-15)20(29)22(30)27(18)24-26-13(2)21(33-24)23(31)32-3/h4-11,18,28H,1-3H3/t18-/m0/s1. The Hall–Kier alpha value is -3.85. The number of aliphatic hydroxyl groups excluding tert-OH is 1. The number of esters is 1. The highest BCUT2D eigenvalue weighted by Gasteiger charge is 2.48. The van der Waals surface area contributed by atoms with Crippen LogP contribution in [0.15, 0.2) is 54.1 Å². The number of aromatic nitrogens is 1. The van der Waals surface area contributed by atoms with Gasteiger partial charge in [0.2, 0.25) is 0 Å². The number of amides is 1. The molecule has 2 heterocycles. The number of aliphatic hydroxyl groups is 1. The summed E-state index contributed by atoms with van der Waals surface area (Å²) in [5, 5.41) is 11.1. The summed E-state index contributed by atoms with van der Waals surface area (Å²) in [6.07, 6.45) is 0. The molecule has 0 unspecified atom stereocenters. The molecule has 7 nitrogen and oxygen atoms in total. The zero-order chi connectivity index (χ0) is 23.9. The lowest BCUT2D eigenvalue weighted by Crippen LogP contribution is -2.29. The van der Waals surface area contributed by atoms with Gasteiger partial charge in [-0.2, -0.15) is 0 Å². The van der Waals surface area contributed by atoms with Crippen LogP contribution in [0.3, 0.4) is 0 Å². The van der Waals surface area contributed by atoms with Crippen LogP contribution in [0, 0.1) is 19.7 Å². The first kappa shape index (κ1) is 22.3. The van der Waals surface area contributed by atoms with E-state index in [-0.39, 0.29) is 21.1 Å². The molecule has 0 aliphatic carbocycles. The first-order valence-electron chi connectivity index (χ1n) is 9.92. The van der Waals surface area contributed by atoms with Gasteiger partial charge < -0.3 is 9.84 Å². The van der Waals surface area contributed by atoms with Gasteiger partial charge in [-0.15, -0.1) is 0 Å². The molecule has 9 heteroatoms. The number of hydrogen-bond acceptors (Lipinski definition) is 7. The minimum absolute atomic E-state index is 0.124. The molecule has 1 aliphatic rings. The van der Waals surface area contributed by atoms with Gasteiger partial charge in [0.1, 0.15) is 16.5 Å². The Morgan fingerprint density at radius 3 is 2.33 bits per heavy atom. The molecule has 2 aromatic carbocycles. The highest BCUT2D eigenvalue weighted by molar-refractivity contribution is 7.17. The van der Waals surface area contributed by atoms with Gasteiger partial charge >= 0.3 is 11.9 Å². The lowest BCUT2D eigenvalue weighted by atomic mass is 9.95. The maximum atomic E-state index is 13.4. The monoisotopic (exact) mass is 466 g/mol. The Labute approximate surface area is 192 Å². The summed E-state index contributed by atoms with van der Waals surface area (Å²) in [5.74, 6) is -3.34. The van der Waals surface area contributed by atoms with Gasteiger partial charge in [0.05, 0.1) is 24.4 Å². The van der Waals surface area contributed by atoms with Crippen LogP contribution >= 0.6 is 11.3 Å². The number of thiazole rings is 1. The quantitative estimate of drug-likeness (QED) is 0.266. The normalized spacial score (nSPS) is 17.5. The molecule has 0 spiro atoms. The average Bonchev–Trinajstić information content (AvgIpc) is 3.31. The number of aryl methyl sites for hydroxylation is 2. The minimum Gasteiger partial charge on any atom is -0.507 e. The predicted molar refractivity (Wildman–Crippen MR) is 121 cm³/mol. The third-order valence-corrected chi connectivity index (χ3v) is 6.45. The summed E-state index contributed by atoms with van der Waals surface area (Å²) in [6.45, 7) is 3.49. The zero-order valence-electron chi connectivity index (χ0n) is 18.0. The van der Waals surface area contributed by atoms with Gasteiger partial charge in [0, 0.05) is 5.56 Å². The summed E-state index contributed by atoms with van der Waals surface area (Å²) < 4.78 is 18.2. The molecule has 3 aromatic rings. The fourth-order valence-corrected chi connectivity index (χ4v) is 4.64. The lowest BCUT2D eigenvalue weighted by Gasteiger charge is -2.23. The van der Waals surface area contributed by atoms with Crippen LogP contribution in [-0.2, 0) is 14.3 Å². The van der Waals surface area contributed by atoms with Crippen molar-refractivity contribution in [3.63, 3.8) is 0 Å². The van der Waals surface area contributed by atoms with Crippen molar-refractivity contribution < 1.29 is 28.6 Å². The first-order chi connectivity index (χ1) is 15.7. The molecule has 168 valence electrons. The second-order valence-corrected chi connectivity index (χ2v) is 8.47. The van der Waals surface area contributed by atoms with Crippen molar-refractivity contribution in [1.29, 1.82) is 0 Å². The molecule has 1 aliphatic heterocycles. The SMILES string of the molecule is COC(=O)c1sc(N2C(=O)C(=O)C(=C(O)c3ccc(F)cc3)[C@@H]2c2ccc(C)cc2)nc1C. The number of carbonyl (C=O) groups is 3. The van der Waals surface area contributed by atoms with E-state index >= 15 is 0 Å². The van der Waals surface area contributed by atoms with E-state index in [4.69, 9.17) is 4.74 Å². The maximum Gasteiger partial charge on any atom is 0.350 e. The van der Waals surface area contributed by atoms with E-state index in [0.717, 1.165) is 29.0 Å². The molecule has 1 amide bonds. The van der Waals surface area contributed by atoms with Gasteiger partial charge in [-0.3, -0.25) is 14.5 Å². The van der Waals surface area contributed by atoms with E-state index in [1.54, 1.807) is 19.1 Å². The van der Waals surface area contributed by atoms with Crippen LogP contribution in [0.1, 0.15) is 38.1 Å². The first-order valence-corrected chi connectivity index (χ1v) is 10.7. The molecule has 0 bridgehead atoms. The second kappa shape index (κ2) is 8.59. The van der Waals surface area contributed by atoms with E-state index < -0.39 is 35.3 Å². The molecule has 1 N–H and O–H groups in total. The second-order valence-electron chi connectivity index (χ2n) is 7.49. The Morgan fingerprint density at radius 2 is 1.73 bits per heavy atom. The Kier molecular flexibility index (Phi) is 5.82. The number of Topliss-reactive ketones (excluding diaryl/α,β-unsaturated/α-hetero) is 1. The van der Waals surface area contributed by atoms with Crippen LogP contribution < -0.4 is 4.90 Å². The highest BCUT2D eigenvalue weighted by atomic mass is 32.1. The summed E-state index contributed by atoms with van der Waals surface area (Å²) in [4.78, 5) is 44.0. The largest absolute Gasteiger partial charge is 0.507 e. The van der Waals surface area contributed by atoms with Crippen molar-refractivity contribution in [3.8, 4) is 0 Å². The van der Waals surface area contributed by atoms with Crippen molar-refractivity contribution in [2.45, 2.75) is 19.9 Å². The molecule has 0 radical (unpaired) electrons. The molecule has 4 rings (SSSR count). The summed E-state index contributed by atoms with van der Waals surface area (Å²) in [5.41, 5.74) is 1.92. The van der Waals surface area contributed by atoms with Crippen molar-refractivity contribution >= 4 is 39.9 Å². The lowest BCUT2D eigenvalue weighted by molar-refractivity contribution is -0.132. The average molecular weight is 466 g/mol. The van der Waals surface area contributed by atoms with Crippen LogP contribution in [0.5, 0.6) is 0 Å². The van der Waals surface area contributed by atoms with E-state index in [1.807, 2.05) is 19.1 Å². The number of ether oxygens (including phenoxy) is 1. The third-order valence-electron chi connectivity index (χ3n) is 5.32. The molecular weight excluding hydrogens is 447 g/mol. The van der Waals surface area contributed by atoms with Crippen molar-refractivity contribution in [1.82, 2.24) is 4.98 Å². The van der Waals surface area contributed by atoms with Gasteiger partial charge in [0.25, 0.3) is 5.78 Å². The van der Waals surface area contributed by atoms with Gasteiger partial charge in [-0.1, -0.05) is 41.2 Å². The van der Waals surface area contributed by atoms with Crippen LogP contribution in [-0.4, -0.2) is 34.9 Å². The zero-order valence-corrected chi connectivity index (χ0v) is 18.8. The number of hydrogen-bond donors (Lipinski definition) is 1. The molecule has 33 heavy (non-hydrogen) atoms. The smallest absolute Gasteiger partial charge is 0.350 e. The number of halogens is 1. The number of benzene rings is 2. The van der Waals surface area contributed by atoms with E-state index in [2.05, 4.69) is 4.98 Å². The van der Waals surface area contributed by atoms with E-state index in [1.165, 1.54) is 24.1 Å². The summed E-state index contributed by atoms with van der Waals surface area (Å²) in [6, 6.07) is 11.1. The fraction of sp³-hybridized carbons (Fsp3) is 0.167. The number of anilines is 1. The molecule has 1 fully saturated rings. The molecule has 1 saturated heterocycles. The Morgan fingerprint density at radius 1 is 1.09 bits per heavy atom. The third kappa shape index (κ3) is 3.91. The molecular formula is C24H19FN2O5S. The number of carbonyl (C=O) groups excluding carboxylic acids is 3. The van der Waals surface area contributed by atoms with Crippen molar-refractivity contribution in [2.75, 3.05) is 12.0 Å². The van der Waals surface area contributed by atoms with Gasteiger partial charge in [0.15, 0.2) is 5.13 Å². The molecule has 1 aromatic heterocycles. The van der Waals surface area contributed by atoms with Gasteiger partial charge in [-0.05, 0) is 43.7 Å². The maximum absolute atomic E-state index is 13.4. The molecule has 1 atom stereocenters. The number of ketones is 1.